The third-order valence-corrected chi connectivity index (χ3v) is 4.75. The van der Waals surface area contributed by atoms with Gasteiger partial charge in [-0.25, -0.2) is 9.98 Å². The molecule has 1 aliphatic heterocycles. The minimum atomic E-state index is 0. The molecule has 1 fully saturated rings. The number of aromatic nitrogens is 1. The number of nitrogens with two attached hydrogens (primary N) is 1. The smallest absolute Gasteiger partial charge is 0.193 e. The molecule has 0 atom stereocenters. The molecule has 2 aromatic rings. The van der Waals surface area contributed by atoms with Crippen molar-refractivity contribution in [1.29, 1.82) is 0 Å². The van der Waals surface area contributed by atoms with E-state index in [4.69, 9.17) is 15.2 Å². The predicted molar refractivity (Wildman–Crippen MR) is 133 cm³/mol. The van der Waals surface area contributed by atoms with Crippen molar-refractivity contribution in [2.24, 2.45) is 10.7 Å². The summed E-state index contributed by atoms with van der Waals surface area (Å²) in [6, 6.07) is 9.71. The maximum Gasteiger partial charge on any atom is 0.193 e. The third kappa shape index (κ3) is 6.93. The summed E-state index contributed by atoms with van der Waals surface area (Å²) in [6.07, 6.45) is 5.60. The largest absolute Gasteiger partial charge is 0.494 e. The number of hydrogen-bond acceptors (Lipinski definition) is 5. The molecular weight excluding hydrogens is 493 g/mol. The van der Waals surface area contributed by atoms with Gasteiger partial charge in [0.05, 0.1) is 25.4 Å². The minimum absolute atomic E-state index is 0. The zero-order valence-electron chi connectivity index (χ0n) is 17.8. The van der Waals surface area contributed by atoms with Gasteiger partial charge >= 0.3 is 0 Å². The Labute approximate surface area is 196 Å². The van der Waals surface area contributed by atoms with Crippen molar-refractivity contribution in [2.45, 2.75) is 39.7 Å². The molecule has 3 rings (SSSR count). The van der Waals surface area contributed by atoms with E-state index in [0.29, 0.717) is 31.5 Å². The lowest BCUT2D eigenvalue weighted by atomic mass is 10.1. The van der Waals surface area contributed by atoms with E-state index < -0.39 is 0 Å². The Morgan fingerprint density at radius 3 is 2.60 bits per heavy atom. The first kappa shape index (κ1) is 24.0. The van der Waals surface area contributed by atoms with Gasteiger partial charge in [-0.05, 0) is 62.9 Å². The zero-order chi connectivity index (χ0) is 20.5. The van der Waals surface area contributed by atoms with Gasteiger partial charge in [0.25, 0.3) is 0 Å². The van der Waals surface area contributed by atoms with Gasteiger partial charge in [0.2, 0.25) is 0 Å². The monoisotopic (exact) mass is 525 g/mol. The summed E-state index contributed by atoms with van der Waals surface area (Å²) in [5.74, 6) is 2.82. The number of rotatable bonds is 8. The first-order chi connectivity index (χ1) is 14.2. The van der Waals surface area contributed by atoms with Crippen LogP contribution in [0.15, 0.2) is 41.5 Å². The molecule has 0 amide bonds. The Morgan fingerprint density at radius 2 is 1.87 bits per heavy atom. The molecule has 3 N–H and O–H groups in total. The third-order valence-electron chi connectivity index (χ3n) is 4.75. The molecule has 8 heteroatoms. The predicted octanol–water partition coefficient (Wildman–Crippen LogP) is 4.41. The van der Waals surface area contributed by atoms with Crippen LogP contribution in [-0.4, -0.2) is 37.2 Å². The lowest BCUT2D eigenvalue weighted by Gasteiger charge is -2.27. The number of guanidine groups is 1. The fraction of sp³-hybridized carbons (Fsp3) is 0.455. The molecule has 1 aromatic carbocycles. The fourth-order valence-electron chi connectivity index (χ4n) is 3.35. The van der Waals surface area contributed by atoms with Crippen LogP contribution in [0.25, 0.3) is 0 Å². The van der Waals surface area contributed by atoms with E-state index in [2.05, 4.69) is 26.3 Å². The topological polar surface area (TPSA) is 85.0 Å². The summed E-state index contributed by atoms with van der Waals surface area (Å²) < 4.78 is 11.2. The molecule has 0 saturated carbocycles. The van der Waals surface area contributed by atoms with Crippen LogP contribution in [0.5, 0.6) is 11.5 Å². The van der Waals surface area contributed by atoms with Crippen LogP contribution in [0.2, 0.25) is 0 Å². The van der Waals surface area contributed by atoms with Gasteiger partial charge in [-0.3, -0.25) is 0 Å². The molecule has 7 nitrogen and oxygen atoms in total. The van der Waals surface area contributed by atoms with Crippen molar-refractivity contribution >= 4 is 41.4 Å². The molecule has 0 aliphatic carbocycles. The van der Waals surface area contributed by atoms with Crippen LogP contribution in [0, 0.1) is 0 Å². The number of nitrogens with one attached hydrogen (secondary N) is 1. The summed E-state index contributed by atoms with van der Waals surface area (Å²) in [6.45, 7) is 7.68. The van der Waals surface area contributed by atoms with Gasteiger partial charge in [0.15, 0.2) is 5.96 Å². The Kier molecular flexibility index (Phi) is 9.99. The number of aliphatic imine (C=N–C) groups is 1. The number of benzene rings is 1. The molecule has 30 heavy (non-hydrogen) atoms. The number of halogens is 1. The second-order valence-electron chi connectivity index (χ2n) is 6.92. The van der Waals surface area contributed by atoms with E-state index in [1.165, 1.54) is 19.3 Å². The van der Waals surface area contributed by atoms with E-state index in [1.807, 2.05) is 44.3 Å². The highest BCUT2D eigenvalue weighted by molar-refractivity contribution is 14.0. The Balaban J connectivity index is 0.00000320. The maximum atomic E-state index is 6.14. The second-order valence-corrected chi connectivity index (χ2v) is 6.92. The van der Waals surface area contributed by atoms with Crippen LogP contribution < -0.4 is 25.4 Å². The van der Waals surface area contributed by atoms with Crippen LogP contribution >= 0.6 is 24.0 Å². The van der Waals surface area contributed by atoms with E-state index in [1.54, 1.807) is 0 Å². The molecule has 1 aliphatic rings. The van der Waals surface area contributed by atoms with E-state index in [0.717, 1.165) is 35.9 Å². The molecule has 164 valence electrons. The minimum Gasteiger partial charge on any atom is -0.494 e. The maximum absolute atomic E-state index is 6.14. The first-order valence-electron chi connectivity index (χ1n) is 10.4. The Morgan fingerprint density at radius 1 is 1.10 bits per heavy atom. The highest BCUT2D eigenvalue weighted by Gasteiger charge is 2.12. The number of hydrogen-bond donors (Lipinski definition) is 2. The number of nitrogens with zero attached hydrogens (tertiary/aromatic N) is 3. The lowest BCUT2D eigenvalue weighted by Crippen LogP contribution is -2.30. The number of anilines is 2. The summed E-state index contributed by atoms with van der Waals surface area (Å²) in [7, 11) is 0. The van der Waals surface area contributed by atoms with Crippen molar-refractivity contribution in [2.75, 3.05) is 36.5 Å². The van der Waals surface area contributed by atoms with Crippen molar-refractivity contribution in [3.05, 3.63) is 42.1 Å². The average molecular weight is 525 g/mol. The highest BCUT2D eigenvalue weighted by Crippen LogP contribution is 2.29. The summed E-state index contributed by atoms with van der Waals surface area (Å²) >= 11 is 0. The number of piperidine rings is 1. The normalized spacial score (nSPS) is 14.1. The van der Waals surface area contributed by atoms with Crippen molar-refractivity contribution in [1.82, 2.24) is 4.98 Å². The van der Waals surface area contributed by atoms with Gasteiger partial charge in [-0.2, -0.15) is 0 Å². The molecule has 0 spiro atoms. The molecule has 0 unspecified atom stereocenters. The Hall–Kier alpha value is -2.23. The van der Waals surface area contributed by atoms with Gasteiger partial charge < -0.3 is 25.4 Å². The standard InChI is InChI=1S/C22H31N5O2.HI/c1-3-28-18-8-9-20(29-4-2)19(15-18)26-22(23)25-16-17-10-11-24-21(14-17)27-12-6-5-7-13-27;/h8-11,14-15H,3-7,12-13,16H2,1-2H3,(H3,23,25,26);1H. The summed E-state index contributed by atoms with van der Waals surface area (Å²) in [5, 5.41) is 3.14. The fourth-order valence-corrected chi connectivity index (χ4v) is 3.35. The van der Waals surface area contributed by atoms with E-state index >= 15 is 0 Å². The average Bonchev–Trinajstić information content (AvgIpc) is 2.75. The molecule has 1 aromatic heterocycles. The lowest BCUT2D eigenvalue weighted by molar-refractivity contribution is 0.332. The number of pyridine rings is 1. The van der Waals surface area contributed by atoms with Crippen molar-refractivity contribution < 1.29 is 9.47 Å². The van der Waals surface area contributed by atoms with E-state index in [9.17, 15) is 0 Å². The van der Waals surface area contributed by atoms with Gasteiger partial charge in [-0.15, -0.1) is 24.0 Å². The Bertz CT molecular complexity index is 825. The van der Waals surface area contributed by atoms with Crippen molar-refractivity contribution in [3.8, 4) is 11.5 Å². The molecule has 1 saturated heterocycles. The molecule has 2 heterocycles. The second kappa shape index (κ2) is 12.5. The molecular formula is C22H32IN5O2. The van der Waals surface area contributed by atoms with Gasteiger partial charge in [0.1, 0.15) is 17.3 Å². The van der Waals surface area contributed by atoms with Gasteiger partial charge in [0, 0.05) is 25.4 Å². The summed E-state index contributed by atoms with van der Waals surface area (Å²) in [4.78, 5) is 11.3. The van der Waals surface area contributed by atoms with Crippen LogP contribution in [0.3, 0.4) is 0 Å². The van der Waals surface area contributed by atoms with Gasteiger partial charge in [-0.1, -0.05) is 0 Å². The van der Waals surface area contributed by atoms with E-state index in [-0.39, 0.29) is 24.0 Å². The first-order valence-corrected chi connectivity index (χ1v) is 10.4. The highest BCUT2D eigenvalue weighted by atomic mass is 127. The molecule has 0 radical (unpaired) electrons. The van der Waals surface area contributed by atoms with Crippen LogP contribution in [0.4, 0.5) is 11.5 Å². The molecule has 0 bridgehead atoms. The number of ether oxygens (including phenoxy) is 2. The zero-order valence-corrected chi connectivity index (χ0v) is 20.1. The summed E-state index contributed by atoms with van der Waals surface area (Å²) in [5.41, 5.74) is 7.96. The van der Waals surface area contributed by atoms with Crippen LogP contribution in [-0.2, 0) is 6.54 Å². The van der Waals surface area contributed by atoms with Crippen LogP contribution in [0.1, 0.15) is 38.7 Å². The van der Waals surface area contributed by atoms with Crippen molar-refractivity contribution in [3.63, 3.8) is 0 Å². The quantitative estimate of drug-likeness (QED) is 0.302. The SMILES string of the molecule is CCOc1ccc(OCC)c(NC(N)=NCc2ccnc(N3CCCCC3)c2)c1.I.